The van der Waals surface area contributed by atoms with Crippen LogP contribution >= 0.6 is 23.4 Å². The van der Waals surface area contributed by atoms with Crippen LogP contribution in [0.5, 0.6) is 0 Å². The van der Waals surface area contributed by atoms with Crippen LogP contribution < -0.4 is 0 Å². The number of aliphatic hydroxyl groups excluding tert-OH is 1. The van der Waals surface area contributed by atoms with Gasteiger partial charge in [-0.05, 0) is 36.4 Å². The fourth-order valence-corrected chi connectivity index (χ4v) is 2.41. The van der Waals surface area contributed by atoms with Gasteiger partial charge >= 0.3 is 0 Å². The number of hydrogen-bond donors (Lipinski definition) is 1. The molecule has 1 heterocycles. The zero-order valence-electron chi connectivity index (χ0n) is 8.55. The summed E-state index contributed by atoms with van der Waals surface area (Å²) >= 11 is 7.43. The van der Waals surface area contributed by atoms with Gasteiger partial charge in [-0.1, -0.05) is 17.7 Å². The van der Waals surface area contributed by atoms with E-state index in [-0.39, 0.29) is 0 Å². The molecule has 0 radical (unpaired) electrons. The van der Waals surface area contributed by atoms with Crippen molar-refractivity contribution in [2.45, 2.75) is 23.1 Å². The molecule has 1 aromatic heterocycles. The van der Waals surface area contributed by atoms with Gasteiger partial charge in [0.2, 0.25) is 0 Å². The summed E-state index contributed by atoms with van der Waals surface area (Å²) < 4.78 is 5.11. The smallest absolute Gasteiger partial charge is 0.260 e. The first-order chi connectivity index (χ1) is 7.66. The van der Waals surface area contributed by atoms with Crippen LogP contribution in [0.15, 0.2) is 45.2 Å². The minimum Gasteiger partial charge on any atom is -0.440 e. The summed E-state index contributed by atoms with van der Waals surface area (Å²) in [6, 6.07) is 5.47. The molecule has 0 aliphatic rings. The molecular weight excluding hydrogens is 246 g/mol. The van der Waals surface area contributed by atoms with Crippen molar-refractivity contribution < 1.29 is 9.52 Å². The number of benzene rings is 1. The normalized spacial score (nSPS) is 12.7. The molecule has 5 heteroatoms. The lowest BCUT2D eigenvalue weighted by molar-refractivity contribution is 0.199. The van der Waals surface area contributed by atoms with Crippen molar-refractivity contribution in [1.82, 2.24) is 4.98 Å². The Morgan fingerprint density at radius 2 is 2.31 bits per heavy atom. The highest BCUT2D eigenvalue weighted by Crippen LogP contribution is 2.31. The van der Waals surface area contributed by atoms with Crippen molar-refractivity contribution in [1.29, 1.82) is 0 Å². The number of nitrogens with zero attached hydrogens (tertiary/aromatic N) is 1. The molecule has 3 nitrogen and oxygen atoms in total. The molecule has 0 saturated carbocycles. The summed E-state index contributed by atoms with van der Waals surface area (Å²) in [7, 11) is 0. The molecule has 1 atom stereocenters. The van der Waals surface area contributed by atoms with Crippen LogP contribution in [0.2, 0.25) is 5.02 Å². The second kappa shape index (κ2) is 4.91. The number of hydrogen-bond acceptors (Lipinski definition) is 4. The van der Waals surface area contributed by atoms with E-state index in [4.69, 9.17) is 16.0 Å². The van der Waals surface area contributed by atoms with Gasteiger partial charge in [0.15, 0.2) is 0 Å². The standard InChI is InChI=1S/C11H10ClNO2S/c1-7(14)9-3-2-8(6-10(9)12)16-11-13-4-5-15-11/h2-7,14H,1H3. The average Bonchev–Trinajstić information content (AvgIpc) is 2.70. The summed E-state index contributed by atoms with van der Waals surface area (Å²) in [5.74, 6) is 0. The number of rotatable bonds is 3. The summed E-state index contributed by atoms with van der Waals surface area (Å²) in [5, 5.41) is 10.5. The number of oxazole rings is 1. The third-order valence-electron chi connectivity index (χ3n) is 2.04. The second-order valence-corrected chi connectivity index (χ2v) is 4.69. The van der Waals surface area contributed by atoms with E-state index in [1.807, 2.05) is 6.07 Å². The first kappa shape index (κ1) is 11.5. The van der Waals surface area contributed by atoms with Crippen molar-refractivity contribution >= 4 is 23.4 Å². The van der Waals surface area contributed by atoms with Gasteiger partial charge in [0.1, 0.15) is 6.26 Å². The molecule has 0 aliphatic heterocycles. The average molecular weight is 256 g/mol. The maximum Gasteiger partial charge on any atom is 0.260 e. The molecule has 0 fully saturated rings. The molecule has 1 N–H and O–H groups in total. The van der Waals surface area contributed by atoms with E-state index in [0.717, 1.165) is 10.5 Å². The Bertz CT molecular complexity index is 471. The van der Waals surface area contributed by atoms with Crippen LogP contribution in [0.4, 0.5) is 0 Å². The maximum atomic E-state index is 9.43. The van der Waals surface area contributed by atoms with Crippen LogP contribution in [-0.2, 0) is 0 Å². The third kappa shape index (κ3) is 2.58. The van der Waals surface area contributed by atoms with E-state index in [2.05, 4.69) is 4.98 Å². The fraction of sp³-hybridized carbons (Fsp3) is 0.182. The van der Waals surface area contributed by atoms with E-state index in [1.165, 1.54) is 18.0 Å². The SMILES string of the molecule is CC(O)c1ccc(Sc2ncco2)cc1Cl. The Balaban J connectivity index is 2.21. The van der Waals surface area contributed by atoms with E-state index >= 15 is 0 Å². The largest absolute Gasteiger partial charge is 0.440 e. The van der Waals surface area contributed by atoms with Crippen LogP contribution in [-0.4, -0.2) is 10.1 Å². The molecule has 2 aromatic rings. The second-order valence-electron chi connectivity index (χ2n) is 3.26. The Morgan fingerprint density at radius 3 is 2.88 bits per heavy atom. The van der Waals surface area contributed by atoms with Crippen molar-refractivity contribution in [3.8, 4) is 0 Å². The van der Waals surface area contributed by atoms with Gasteiger partial charge in [-0.2, -0.15) is 0 Å². The minimum absolute atomic E-state index is 0.548. The highest BCUT2D eigenvalue weighted by atomic mass is 35.5. The summed E-state index contributed by atoms with van der Waals surface area (Å²) in [6.07, 6.45) is 2.55. The number of aromatic nitrogens is 1. The first-order valence-corrected chi connectivity index (χ1v) is 5.91. The third-order valence-corrected chi connectivity index (χ3v) is 3.23. The predicted octanol–water partition coefficient (Wildman–Crippen LogP) is 3.53. The monoisotopic (exact) mass is 255 g/mol. The maximum absolute atomic E-state index is 9.43. The van der Waals surface area contributed by atoms with Crippen LogP contribution in [0.25, 0.3) is 0 Å². The molecule has 0 bridgehead atoms. The van der Waals surface area contributed by atoms with E-state index in [1.54, 1.807) is 25.3 Å². The van der Waals surface area contributed by atoms with Gasteiger partial charge < -0.3 is 9.52 Å². The van der Waals surface area contributed by atoms with Crippen LogP contribution in [0.1, 0.15) is 18.6 Å². The molecule has 84 valence electrons. The van der Waals surface area contributed by atoms with Crippen LogP contribution in [0.3, 0.4) is 0 Å². The van der Waals surface area contributed by atoms with Crippen molar-refractivity contribution in [3.63, 3.8) is 0 Å². The number of aliphatic hydroxyl groups is 1. The topological polar surface area (TPSA) is 46.3 Å². The van der Waals surface area contributed by atoms with Gasteiger partial charge in [-0.15, -0.1) is 0 Å². The van der Waals surface area contributed by atoms with Gasteiger partial charge in [0, 0.05) is 9.92 Å². The fourth-order valence-electron chi connectivity index (χ4n) is 1.27. The Morgan fingerprint density at radius 1 is 1.50 bits per heavy atom. The molecule has 0 spiro atoms. The van der Waals surface area contributed by atoms with Crippen molar-refractivity contribution in [2.75, 3.05) is 0 Å². The van der Waals surface area contributed by atoms with Gasteiger partial charge in [0.25, 0.3) is 5.22 Å². The lowest BCUT2D eigenvalue weighted by atomic mass is 10.1. The minimum atomic E-state index is -0.562. The highest BCUT2D eigenvalue weighted by molar-refractivity contribution is 7.99. The van der Waals surface area contributed by atoms with E-state index in [0.29, 0.717) is 10.2 Å². The molecule has 0 aliphatic carbocycles. The summed E-state index contributed by atoms with van der Waals surface area (Å²) in [6.45, 7) is 1.68. The molecule has 16 heavy (non-hydrogen) atoms. The molecule has 0 amide bonds. The zero-order chi connectivity index (χ0) is 11.5. The predicted molar refractivity (Wildman–Crippen MR) is 62.7 cm³/mol. The first-order valence-electron chi connectivity index (χ1n) is 4.71. The molecule has 2 rings (SSSR count). The summed E-state index contributed by atoms with van der Waals surface area (Å²) in [4.78, 5) is 4.93. The molecular formula is C11H10ClNO2S. The van der Waals surface area contributed by atoms with E-state index < -0.39 is 6.10 Å². The quantitative estimate of drug-likeness (QED) is 0.911. The van der Waals surface area contributed by atoms with Crippen molar-refractivity contribution in [3.05, 3.63) is 41.2 Å². The molecule has 1 aromatic carbocycles. The Labute approximate surface area is 102 Å². The molecule has 1 unspecified atom stereocenters. The number of halogens is 1. The lowest BCUT2D eigenvalue weighted by Gasteiger charge is -2.08. The van der Waals surface area contributed by atoms with Gasteiger partial charge in [-0.25, -0.2) is 4.98 Å². The zero-order valence-corrected chi connectivity index (χ0v) is 10.1. The Kier molecular flexibility index (Phi) is 3.53. The van der Waals surface area contributed by atoms with Crippen molar-refractivity contribution in [2.24, 2.45) is 0 Å². The molecule has 0 saturated heterocycles. The summed E-state index contributed by atoms with van der Waals surface area (Å²) in [5.41, 5.74) is 0.721. The van der Waals surface area contributed by atoms with Gasteiger partial charge in [-0.3, -0.25) is 0 Å². The Hall–Kier alpha value is -0.970. The van der Waals surface area contributed by atoms with Crippen LogP contribution in [0, 0.1) is 0 Å². The van der Waals surface area contributed by atoms with Gasteiger partial charge in [0.05, 0.1) is 12.3 Å². The lowest BCUT2D eigenvalue weighted by Crippen LogP contribution is -1.91. The van der Waals surface area contributed by atoms with E-state index in [9.17, 15) is 5.11 Å². The highest BCUT2D eigenvalue weighted by Gasteiger charge is 2.08.